The SMILES string of the molecule is CCCC1CC(C2CCC(=O)CC2)CCC1=O. The predicted molar refractivity (Wildman–Crippen MR) is 67.7 cm³/mol. The fraction of sp³-hybridized carbons (Fsp3) is 0.867. The van der Waals surface area contributed by atoms with Crippen molar-refractivity contribution in [3.05, 3.63) is 0 Å². The van der Waals surface area contributed by atoms with Crippen LogP contribution in [0.25, 0.3) is 0 Å². The minimum Gasteiger partial charge on any atom is -0.300 e. The maximum atomic E-state index is 11.8. The zero-order chi connectivity index (χ0) is 12.3. The Morgan fingerprint density at radius 3 is 2.29 bits per heavy atom. The van der Waals surface area contributed by atoms with Gasteiger partial charge in [-0.05, 0) is 43.9 Å². The van der Waals surface area contributed by atoms with Crippen molar-refractivity contribution in [2.45, 2.75) is 64.7 Å². The van der Waals surface area contributed by atoms with Gasteiger partial charge < -0.3 is 0 Å². The Labute approximate surface area is 104 Å². The van der Waals surface area contributed by atoms with Crippen molar-refractivity contribution in [1.82, 2.24) is 0 Å². The number of hydrogen-bond acceptors (Lipinski definition) is 2. The van der Waals surface area contributed by atoms with E-state index in [1.807, 2.05) is 0 Å². The molecule has 0 amide bonds. The van der Waals surface area contributed by atoms with E-state index < -0.39 is 0 Å². The molecule has 2 fully saturated rings. The lowest BCUT2D eigenvalue weighted by molar-refractivity contribution is -0.127. The molecule has 17 heavy (non-hydrogen) atoms. The molecule has 0 spiro atoms. The van der Waals surface area contributed by atoms with Crippen LogP contribution in [0.5, 0.6) is 0 Å². The third-order valence-electron chi connectivity index (χ3n) is 4.70. The van der Waals surface area contributed by atoms with Gasteiger partial charge in [0.2, 0.25) is 0 Å². The highest BCUT2D eigenvalue weighted by Crippen LogP contribution is 2.39. The Morgan fingerprint density at radius 2 is 1.65 bits per heavy atom. The van der Waals surface area contributed by atoms with Crippen LogP contribution in [0.15, 0.2) is 0 Å². The lowest BCUT2D eigenvalue weighted by Gasteiger charge is -2.35. The highest BCUT2D eigenvalue weighted by molar-refractivity contribution is 5.81. The number of rotatable bonds is 3. The van der Waals surface area contributed by atoms with Gasteiger partial charge in [0.05, 0.1) is 0 Å². The molecule has 2 aliphatic rings. The average Bonchev–Trinajstić information content (AvgIpc) is 2.33. The van der Waals surface area contributed by atoms with Crippen molar-refractivity contribution >= 4 is 11.6 Å². The van der Waals surface area contributed by atoms with Crippen molar-refractivity contribution in [3.63, 3.8) is 0 Å². The van der Waals surface area contributed by atoms with Crippen LogP contribution in [0.2, 0.25) is 0 Å². The molecular formula is C15H24O2. The Kier molecular flexibility index (Phi) is 4.36. The van der Waals surface area contributed by atoms with Crippen molar-refractivity contribution in [2.24, 2.45) is 17.8 Å². The van der Waals surface area contributed by atoms with Gasteiger partial charge in [-0.25, -0.2) is 0 Å². The molecule has 0 aromatic heterocycles. The minimum atomic E-state index is 0.330. The molecule has 0 aromatic rings. The monoisotopic (exact) mass is 236 g/mol. The van der Waals surface area contributed by atoms with Gasteiger partial charge in [0.25, 0.3) is 0 Å². The van der Waals surface area contributed by atoms with Crippen LogP contribution in [0.4, 0.5) is 0 Å². The second-order valence-corrected chi connectivity index (χ2v) is 5.86. The van der Waals surface area contributed by atoms with Crippen LogP contribution in [0.3, 0.4) is 0 Å². The summed E-state index contributed by atoms with van der Waals surface area (Å²) < 4.78 is 0. The standard InChI is InChI=1S/C15H24O2/c1-2-3-13-10-12(6-9-15(13)17)11-4-7-14(16)8-5-11/h11-13H,2-10H2,1H3. The Morgan fingerprint density at radius 1 is 1.00 bits per heavy atom. The topological polar surface area (TPSA) is 34.1 Å². The quantitative estimate of drug-likeness (QED) is 0.751. The van der Waals surface area contributed by atoms with E-state index in [0.717, 1.165) is 69.6 Å². The third kappa shape index (κ3) is 3.17. The second kappa shape index (κ2) is 5.79. The van der Waals surface area contributed by atoms with Crippen LogP contribution in [-0.4, -0.2) is 11.6 Å². The molecule has 0 radical (unpaired) electrons. The summed E-state index contributed by atoms with van der Waals surface area (Å²) in [6, 6.07) is 0. The van der Waals surface area contributed by atoms with Gasteiger partial charge in [0.15, 0.2) is 0 Å². The molecular weight excluding hydrogens is 212 g/mol. The molecule has 0 aromatic carbocycles. The highest BCUT2D eigenvalue weighted by Gasteiger charge is 2.33. The molecule has 0 bridgehead atoms. The summed E-state index contributed by atoms with van der Waals surface area (Å²) in [7, 11) is 0. The fourth-order valence-corrected chi connectivity index (χ4v) is 3.64. The molecule has 0 saturated heterocycles. The Bertz CT molecular complexity index is 285. The number of carbonyl (C=O) groups is 2. The van der Waals surface area contributed by atoms with E-state index in [-0.39, 0.29) is 0 Å². The van der Waals surface area contributed by atoms with E-state index in [2.05, 4.69) is 6.92 Å². The predicted octanol–water partition coefficient (Wildman–Crippen LogP) is 3.53. The lowest BCUT2D eigenvalue weighted by atomic mass is 9.69. The van der Waals surface area contributed by atoms with E-state index >= 15 is 0 Å². The van der Waals surface area contributed by atoms with E-state index in [1.54, 1.807) is 0 Å². The largest absolute Gasteiger partial charge is 0.300 e. The van der Waals surface area contributed by atoms with Gasteiger partial charge in [0.1, 0.15) is 11.6 Å². The van der Waals surface area contributed by atoms with Crippen molar-refractivity contribution in [3.8, 4) is 0 Å². The highest BCUT2D eigenvalue weighted by atomic mass is 16.1. The Hall–Kier alpha value is -0.660. The second-order valence-electron chi connectivity index (χ2n) is 5.86. The molecule has 2 unspecified atom stereocenters. The summed E-state index contributed by atoms with van der Waals surface area (Å²) >= 11 is 0. The summed E-state index contributed by atoms with van der Waals surface area (Å²) in [6.07, 6.45) is 8.89. The molecule has 2 atom stereocenters. The van der Waals surface area contributed by atoms with Crippen molar-refractivity contribution in [1.29, 1.82) is 0 Å². The molecule has 2 saturated carbocycles. The van der Waals surface area contributed by atoms with E-state index in [9.17, 15) is 9.59 Å². The average molecular weight is 236 g/mol. The number of ketones is 2. The zero-order valence-electron chi connectivity index (χ0n) is 10.9. The number of hydrogen-bond donors (Lipinski definition) is 0. The van der Waals surface area contributed by atoms with Crippen molar-refractivity contribution < 1.29 is 9.59 Å². The Balaban J connectivity index is 1.89. The van der Waals surface area contributed by atoms with Gasteiger partial charge in [-0.1, -0.05) is 13.3 Å². The van der Waals surface area contributed by atoms with Gasteiger partial charge in [-0.3, -0.25) is 9.59 Å². The zero-order valence-corrected chi connectivity index (χ0v) is 10.9. The first-order valence-corrected chi connectivity index (χ1v) is 7.25. The van der Waals surface area contributed by atoms with Gasteiger partial charge in [-0.15, -0.1) is 0 Å². The first-order chi connectivity index (χ1) is 8.20. The number of Topliss-reactive ketones (excluding diaryl/α,β-unsaturated/α-hetero) is 2. The van der Waals surface area contributed by atoms with Gasteiger partial charge in [0, 0.05) is 25.2 Å². The first kappa shape index (κ1) is 12.8. The molecule has 2 aliphatic carbocycles. The van der Waals surface area contributed by atoms with Crippen LogP contribution in [0, 0.1) is 17.8 Å². The molecule has 0 N–H and O–H groups in total. The van der Waals surface area contributed by atoms with Gasteiger partial charge in [-0.2, -0.15) is 0 Å². The third-order valence-corrected chi connectivity index (χ3v) is 4.70. The molecule has 2 nitrogen and oxygen atoms in total. The van der Waals surface area contributed by atoms with E-state index in [4.69, 9.17) is 0 Å². The van der Waals surface area contributed by atoms with E-state index in [1.165, 1.54) is 0 Å². The molecule has 2 heteroatoms. The van der Waals surface area contributed by atoms with Crippen LogP contribution >= 0.6 is 0 Å². The molecule has 0 heterocycles. The summed E-state index contributed by atoms with van der Waals surface area (Å²) in [4.78, 5) is 23.1. The smallest absolute Gasteiger partial charge is 0.135 e. The van der Waals surface area contributed by atoms with Crippen LogP contribution < -0.4 is 0 Å². The number of carbonyl (C=O) groups excluding carboxylic acids is 2. The van der Waals surface area contributed by atoms with Crippen LogP contribution in [0.1, 0.15) is 64.7 Å². The van der Waals surface area contributed by atoms with Crippen molar-refractivity contribution in [2.75, 3.05) is 0 Å². The minimum absolute atomic E-state index is 0.330. The van der Waals surface area contributed by atoms with Crippen LogP contribution in [-0.2, 0) is 9.59 Å². The fourth-order valence-electron chi connectivity index (χ4n) is 3.64. The maximum Gasteiger partial charge on any atom is 0.135 e. The molecule has 96 valence electrons. The summed E-state index contributed by atoms with van der Waals surface area (Å²) in [5.41, 5.74) is 0. The summed E-state index contributed by atoms with van der Waals surface area (Å²) in [5, 5.41) is 0. The summed E-state index contributed by atoms with van der Waals surface area (Å²) in [5.74, 6) is 2.71. The maximum absolute atomic E-state index is 11.8. The molecule has 0 aliphatic heterocycles. The molecule has 2 rings (SSSR count). The first-order valence-electron chi connectivity index (χ1n) is 7.25. The van der Waals surface area contributed by atoms with Gasteiger partial charge >= 0.3 is 0 Å². The normalized spacial score (nSPS) is 31.8. The lowest BCUT2D eigenvalue weighted by Crippen LogP contribution is -2.31. The van der Waals surface area contributed by atoms with E-state index in [0.29, 0.717) is 17.5 Å². The summed E-state index contributed by atoms with van der Waals surface area (Å²) in [6.45, 7) is 2.16.